The fraction of sp³-hybridized carbons (Fsp3) is 0.231. The Hall–Kier alpha value is -4.10. The van der Waals surface area contributed by atoms with Crippen molar-refractivity contribution in [1.29, 1.82) is 0 Å². The molecule has 4 aliphatic carbocycles. The number of hydrogen-bond acceptors (Lipinski definition) is 0. The van der Waals surface area contributed by atoms with Crippen LogP contribution in [0.2, 0.25) is 9.26 Å². The zero-order chi connectivity index (χ0) is 36.5. The molecule has 0 amide bonds. The number of rotatable bonds is 10. The predicted molar refractivity (Wildman–Crippen MR) is 231 cm³/mol. The molecule has 6 aromatic rings. The molecule has 0 aliphatic heterocycles. The van der Waals surface area contributed by atoms with Gasteiger partial charge in [0.15, 0.2) is 0 Å². The summed E-state index contributed by atoms with van der Waals surface area (Å²) in [6, 6.07) is 54.9. The molecule has 0 N–H and O–H groups in total. The summed E-state index contributed by atoms with van der Waals surface area (Å²) < 4.78 is 6.69. The summed E-state index contributed by atoms with van der Waals surface area (Å²) >= 11 is -4.07. The zero-order valence-electron chi connectivity index (χ0n) is 31.8. The predicted octanol–water partition coefficient (Wildman–Crippen LogP) is 13.9. The van der Waals surface area contributed by atoms with Gasteiger partial charge in [0.25, 0.3) is 0 Å². The summed E-state index contributed by atoms with van der Waals surface area (Å²) in [6.45, 7) is 2.54. The van der Waals surface area contributed by atoms with Crippen LogP contribution in [0.15, 0.2) is 157 Å². The topological polar surface area (TPSA) is 0 Å². The van der Waals surface area contributed by atoms with Crippen molar-refractivity contribution >= 4 is 19.0 Å². The number of benzene rings is 6. The van der Waals surface area contributed by atoms with E-state index in [0.717, 1.165) is 11.8 Å². The van der Waals surface area contributed by atoms with Gasteiger partial charge in [0.2, 0.25) is 0 Å². The molecule has 4 aliphatic rings. The van der Waals surface area contributed by atoms with E-state index in [4.69, 9.17) is 0 Å². The molecule has 2 heteroatoms. The van der Waals surface area contributed by atoms with E-state index in [1.807, 2.05) is 0 Å². The van der Waals surface area contributed by atoms with E-state index in [1.165, 1.54) is 94.2 Å². The van der Waals surface area contributed by atoms with Crippen molar-refractivity contribution in [3.63, 3.8) is 0 Å². The van der Waals surface area contributed by atoms with Crippen molar-refractivity contribution in [2.75, 3.05) is 0 Å². The van der Waals surface area contributed by atoms with Crippen molar-refractivity contribution in [2.24, 2.45) is 11.8 Å². The minimum atomic E-state index is -4.07. The Morgan fingerprint density at radius 1 is 0.426 bits per heavy atom. The van der Waals surface area contributed by atoms with Crippen LogP contribution in [0, 0.1) is 11.8 Å². The van der Waals surface area contributed by atoms with E-state index in [1.54, 1.807) is 22.3 Å². The van der Waals surface area contributed by atoms with Crippen LogP contribution in [0.1, 0.15) is 68.0 Å². The van der Waals surface area contributed by atoms with Crippen LogP contribution in [0.5, 0.6) is 0 Å². The van der Waals surface area contributed by atoms with Gasteiger partial charge in [-0.15, -0.1) is 0 Å². The van der Waals surface area contributed by atoms with Crippen LogP contribution in [0.3, 0.4) is 0 Å². The van der Waals surface area contributed by atoms with E-state index in [2.05, 4.69) is 174 Å². The maximum atomic E-state index is 2.88. The molecule has 0 aromatic heterocycles. The van der Waals surface area contributed by atoms with Gasteiger partial charge in [0, 0.05) is 0 Å². The molecule has 0 bridgehead atoms. The summed E-state index contributed by atoms with van der Waals surface area (Å²) in [4.78, 5) is 0. The van der Waals surface area contributed by atoms with Gasteiger partial charge in [-0.3, -0.25) is 0 Å². The molecule has 6 aromatic carbocycles. The van der Waals surface area contributed by atoms with Crippen LogP contribution in [-0.2, 0) is 17.4 Å². The average molecular weight is 794 g/mol. The van der Waals surface area contributed by atoms with Crippen LogP contribution in [0.4, 0.5) is 0 Å². The third-order valence-corrected chi connectivity index (χ3v) is 30.6. The summed E-state index contributed by atoms with van der Waals surface area (Å²) in [6.07, 6.45) is 13.4. The van der Waals surface area contributed by atoms with Crippen LogP contribution < -0.4 is 0 Å². The van der Waals surface area contributed by atoms with Crippen molar-refractivity contribution < 1.29 is 17.4 Å². The molecule has 2 unspecified atom stereocenters. The van der Waals surface area contributed by atoms with Crippen LogP contribution >= 0.6 is 0 Å². The Bertz CT molecular complexity index is 2340. The molecule has 0 heterocycles. The van der Waals surface area contributed by atoms with Gasteiger partial charge in [-0.05, 0) is 0 Å². The Balaban J connectivity index is 1.26. The summed E-state index contributed by atoms with van der Waals surface area (Å²) in [5.74, 6) is 1.65. The molecule has 0 radical (unpaired) electrons. The van der Waals surface area contributed by atoms with Crippen molar-refractivity contribution in [3.8, 4) is 44.5 Å². The van der Waals surface area contributed by atoms with Crippen molar-refractivity contribution in [2.45, 2.75) is 55.0 Å². The summed E-state index contributed by atoms with van der Waals surface area (Å²) in [5, 5.41) is 0. The molecule has 0 spiro atoms. The van der Waals surface area contributed by atoms with Gasteiger partial charge in [0.1, 0.15) is 0 Å². The van der Waals surface area contributed by atoms with Crippen LogP contribution in [0.25, 0.3) is 56.7 Å². The zero-order valence-corrected chi connectivity index (χ0v) is 35.6. The summed E-state index contributed by atoms with van der Waals surface area (Å²) in [5.41, 5.74) is 20.8. The molecular formula is C52H50SiZr. The normalized spacial score (nSPS) is 19.2. The van der Waals surface area contributed by atoms with Gasteiger partial charge in [0.05, 0.1) is 0 Å². The summed E-state index contributed by atoms with van der Waals surface area (Å²) in [7, 11) is 0. The molecule has 0 nitrogen and oxygen atoms in total. The number of fused-ring (bicyclic) bond motifs is 2. The Kier molecular flexibility index (Phi) is 8.46. The second-order valence-electron chi connectivity index (χ2n) is 18.0. The first-order chi connectivity index (χ1) is 26.3. The first-order valence-electron chi connectivity index (χ1n) is 20.4. The van der Waals surface area contributed by atoms with Gasteiger partial charge < -0.3 is 0 Å². The third-order valence-electron chi connectivity index (χ3n) is 13.2. The van der Waals surface area contributed by atoms with Crippen molar-refractivity contribution in [1.82, 2.24) is 0 Å². The Morgan fingerprint density at radius 3 is 1.04 bits per heavy atom. The maximum absolute atomic E-state index is 4.07. The van der Waals surface area contributed by atoms with Gasteiger partial charge >= 0.3 is 327 Å². The van der Waals surface area contributed by atoms with Crippen LogP contribution in [-0.4, -0.2) is 6.88 Å². The molecule has 2 saturated carbocycles. The molecule has 10 rings (SSSR count). The fourth-order valence-electron chi connectivity index (χ4n) is 10.6. The molecule has 0 saturated heterocycles. The van der Waals surface area contributed by atoms with Gasteiger partial charge in [-0.1, -0.05) is 0 Å². The monoisotopic (exact) mass is 792 g/mol. The number of hydrogen-bond donors (Lipinski definition) is 0. The first kappa shape index (κ1) is 34.4. The van der Waals surface area contributed by atoms with E-state index >= 15 is 0 Å². The SMILES string of the molecule is [CH3][Zr]([CH3])(=[SiH2])([CH]1C(CC2CC2)=Cc2c(-c3ccccc3)ccc(-c3ccccc3)c21)[CH]1C(CC2CC2)=Cc2c(-c3ccccc3)ccc(-c3ccccc3)c21. The van der Waals surface area contributed by atoms with Gasteiger partial charge in [-0.25, -0.2) is 0 Å². The molecule has 2 fully saturated rings. The molecule has 54 heavy (non-hydrogen) atoms. The van der Waals surface area contributed by atoms with Gasteiger partial charge in [-0.2, -0.15) is 0 Å². The van der Waals surface area contributed by atoms with E-state index in [9.17, 15) is 0 Å². The number of allylic oxidation sites excluding steroid dienone is 2. The Labute approximate surface area is 324 Å². The second kappa shape index (κ2) is 13.3. The molecule has 266 valence electrons. The quantitative estimate of drug-likeness (QED) is 0.121. The molecule has 2 atom stereocenters. The second-order valence-corrected chi connectivity index (χ2v) is 48.4. The standard InChI is InChI=1S/2C25H21.2CH3.H2Si.Zr/c2*1-3-7-20(8-4-1)22-13-14-23(21-9-5-2-6-10-21)25-17-19(16-24(22)25)15-18-11-12-18;;;;/h2*1-10,13-14,16-18H,11-12,15H2;2*1H3;1H2;. The first-order valence-corrected chi connectivity index (χ1v) is 34.0. The molecular weight excluding hydrogens is 744 g/mol. The average Bonchev–Trinajstić information content (AvgIpc) is 4.12. The van der Waals surface area contributed by atoms with E-state index in [0.29, 0.717) is 7.25 Å². The fourth-order valence-corrected chi connectivity index (χ4v) is 30.1. The third kappa shape index (κ3) is 6.06. The Morgan fingerprint density at radius 2 is 0.722 bits per heavy atom. The van der Waals surface area contributed by atoms with Crippen molar-refractivity contribution in [3.05, 3.63) is 179 Å². The van der Waals surface area contributed by atoms with E-state index in [-0.39, 0.29) is 0 Å². The van der Waals surface area contributed by atoms with E-state index < -0.39 is 17.4 Å². The minimum absolute atomic E-state index is 0.460.